The Bertz CT molecular complexity index is 738. The van der Waals surface area contributed by atoms with E-state index in [1.165, 1.54) is 0 Å². The van der Waals surface area contributed by atoms with Gasteiger partial charge in [0, 0.05) is 27.3 Å². The van der Waals surface area contributed by atoms with Crippen molar-refractivity contribution < 1.29 is 9.47 Å². The first-order valence-corrected chi connectivity index (χ1v) is 9.75. The van der Waals surface area contributed by atoms with Gasteiger partial charge in [-0.25, -0.2) is 14.6 Å². The van der Waals surface area contributed by atoms with Gasteiger partial charge in [0.2, 0.25) is 0 Å². The van der Waals surface area contributed by atoms with Crippen LogP contribution in [0.15, 0.2) is 18.2 Å². The van der Waals surface area contributed by atoms with Crippen molar-refractivity contribution in [3.63, 3.8) is 0 Å². The van der Waals surface area contributed by atoms with Crippen LogP contribution in [-0.4, -0.2) is 53.2 Å². The van der Waals surface area contributed by atoms with E-state index in [2.05, 4.69) is 6.92 Å². The second-order valence-corrected chi connectivity index (χ2v) is 7.62. The average molecular weight is 374 g/mol. The molecule has 1 unspecified atom stereocenters. The zero-order chi connectivity index (χ0) is 19.4. The number of ether oxygens (including phenoxy) is 2. The van der Waals surface area contributed by atoms with Crippen molar-refractivity contribution in [2.75, 3.05) is 32.2 Å². The summed E-state index contributed by atoms with van der Waals surface area (Å²) in [6, 6.07) is 6.18. The average Bonchev–Trinajstić information content (AvgIpc) is 3.11. The normalized spacial score (nSPS) is 16.7. The molecule has 148 valence electrons. The van der Waals surface area contributed by atoms with Gasteiger partial charge in [0.05, 0.1) is 12.1 Å². The van der Waals surface area contributed by atoms with Crippen LogP contribution >= 0.6 is 0 Å². The van der Waals surface area contributed by atoms with Crippen LogP contribution in [0.1, 0.15) is 45.5 Å². The standard InChI is InChI=1S/C20H31N5O2/c1-14(2)27-13-19-22-20(17-7-6-8-18(21-17)24(4)5)23-25(19)15(3)16-9-11-26-12-10-16/h6-8,14-16H,9-13H2,1-5H3. The largest absolute Gasteiger partial charge is 0.381 e. The highest BCUT2D eigenvalue weighted by molar-refractivity contribution is 5.53. The van der Waals surface area contributed by atoms with E-state index in [9.17, 15) is 0 Å². The molecule has 0 N–H and O–H groups in total. The predicted octanol–water partition coefficient (Wildman–Crippen LogP) is 3.32. The van der Waals surface area contributed by atoms with Crippen molar-refractivity contribution >= 4 is 5.82 Å². The zero-order valence-corrected chi connectivity index (χ0v) is 17.1. The first-order chi connectivity index (χ1) is 13.0. The molecule has 0 aliphatic carbocycles. The van der Waals surface area contributed by atoms with E-state index < -0.39 is 0 Å². The van der Waals surface area contributed by atoms with Crippen LogP contribution in [0.3, 0.4) is 0 Å². The number of aromatic nitrogens is 4. The van der Waals surface area contributed by atoms with E-state index >= 15 is 0 Å². The number of hydrogen-bond donors (Lipinski definition) is 0. The van der Waals surface area contributed by atoms with Gasteiger partial charge >= 0.3 is 0 Å². The maximum absolute atomic E-state index is 5.84. The zero-order valence-electron chi connectivity index (χ0n) is 17.1. The summed E-state index contributed by atoms with van der Waals surface area (Å²) >= 11 is 0. The first-order valence-electron chi connectivity index (χ1n) is 9.75. The molecule has 1 aliphatic heterocycles. The summed E-state index contributed by atoms with van der Waals surface area (Å²) in [6.07, 6.45) is 2.25. The molecule has 27 heavy (non-hydrogen) atoms. The topological polar surface area (TPSA) is 65.3 Å². The molecular weight excluding hydrogens is 342 g/mol. The minimum absolute atomic E-state index is 0.146. The van der Waals surface area contributed by atoms with Gasteiger partial charge in [-0.05, 0) is 51.7 Å². The van der Waals surface area contributed by atoms with Crippen LogP contribution in [0, 0.1) is 5.92 Å². The quantitative estimate of drug-likeness (QED) is 0.742. The lowest BCUT2D eigenvalue weighted by Crippen LogP contribution is -2.26. The summed E-state index contributed by atoms with van der Waals surface area (Å²) in [6.45, 7) is 8.38. The molecule has 0 amide bonds. The Kier molecular flexibility index (Phi) is 6.44. The molecule has 1 atom stereocenters. The fraction of sp³-hybridized carbons (Fsp3) is 0.650. The van der Waals surface area contributed by atoms with Gasteiger partial charge in [0.25, 0.3) is 0 Å². The summed E-state index contributed by atoms with van der Waals surface area (Å²) < 4.78 is 13.4. The fourth-order valence-corrected chi connectivity index (χ4v) is 3.32. The third kappa shape index (κ3) is 4.84. The van der Waals surface area contributed by atoms with Crippen molar-refractivity contribution in [3.8, 4) is 11.5 Å². The van der Waals surface area contributed by atoms with Crippen LogP contribution in [0.4, 0.5) is 5.82 Å². The molecule has 2 aromatic heterocycles. The summed E-state index contributed by atoms with van der Waals surface area (Å²) in [5, 5.41) is 4.84. The maximum atomic E-state index is 5.84. The lowest BCUT2D eigenvalue weighted by Gasteiger charge is -2.28. The Morgan fingerprint density at radius 3 is 2.59 bits per heavy atom. The highest BCUT2D eigenvalue weighted by atomic mass is 16.5. The minimum Gasteiger partial charge on any atom is -0.381 e. The van der Waals surface area contributed by atoms with Gasteiger partial charge < -0.3 is 14.4 Å². The monoisotopic (exact) mass is 373 g/mol. The second kappa shape index (κ2) is 8.80. The third-order valence-corrected chi connectivity index (χ3v) is 5.00. The highest BCUT2D eigenvalue weighted by Crippen LogP contribution is 2.29. The van der Waals surface area contributed by atoms with Gasteiger partial charge in [-0.1, -0.05) is 6.07 Å². The molecular formula is C20H31N5O2. The molecule has 7 heteroatoms. The fourth-order valence-electron chi connectivity index (χ4n) is 3.32. The van der Waals surface area contributed by atoms with E-state index in [0.29, 0.717) is 18.3 Å². The number of rotatable bonds is 7. The molecule has 1 fully saturated rings. The Morgan fingerprint density at radius 1 is 1.19 bits per heavy atom. The molecule has 2 aromatic rings. The van der Waals surface area contributed by atoms with Gasteiger partial charge in [0.15, 0.2) is 11.6 Å². The number of pyridine rings is 1. The Balaban J connectivity index is 1.92. The van der Waals surface area contributed by atoms with Gasteiger partial charge in [-0.15, -0.1) is 5.10 Å². The Morgan fingerprint density at radius 2 is 1.93 bits per heavy atom. The molecule has 0 spiro atoms. The van der Waals surface area contributed by atoms with Crippen LogP contribution in [-0.2, 0) is 16.1 Å². The molecule has 1 saturated heterocycles. The van der Waals surface area contributed by atoms with E-state index in [1.54, 1.807) is 0 Å². The van der Waals surface area contributed by atoms with E-state index in [0.717, 1.165) is 43.4 Å². The van der Waals surface area contributed by atoms with E-state index in [-0.39, 0.29) is 12.1 Å². The molecule has 0 radical (unpaired) electrons. The molecule has 3 heterocycles. The lowest BCUT2D eigenvalue weighted by atomic mass is 9.93. The van der Waals surface area contributed by atoms with Crippen molar-refractivity contribution in [1.29, 1.82) is 0 Å². The Hall–Kier alpha value is -1.99. The molecule has 0 saturated carbocycles. The first kappa shape index (κ1) is 19.8. The van der Waals surface area contributed by atoms with Crippen LogP contribution in [0.5, 0.6) is 0 Å². The minimum atomic E-state index is 0.146. The van der Waals surface area contributed by atoms with Gasteiger partial charge in [0.1, 0.15) is 18.1 Å². The number of anilines is 1. The van der Waals surface area contributed by atoms with Gasteiger partial charge in [-0.3, -0.25) is 0 Å². The van der Waals surface area contributed by atoms with Crippen molar-refractivity contribution in [2.24, 2.45) is 5.92 Å². The Labute approximate surface area is 161 Å². The lowest BCUT2D eigenvalue weighted by molar-refractivity contribution is 0.0411. The molecule has 1 aliphatic rings. The highest BCUT2D eigenvalue weighted by Gasteiger charge is 2.26. The van der Waals surface area contributed by atoms with Crippen LogP contribution in [0.2, 0.25) is 0 Å². The maximum Gasteiger partial charge on any atom is 0.200 e. The van der Waals surface area contributed by atoms with Crippen molar-refractivity contribution in [3.05, 3.63) is 24.0 Å². The summed E-state index contributed by atoms with van der Waals surface area (Å²) in [5.41, 5.74) is 0.782. The van der Waals surface area contributed by atoms with Gasteiger partial charge in [-0.2, -0.15) is 0 Å². The third-order valence-electron chi connectivity index (χ3n) is 5.00. The molecule has 7 nitrogen and oxygen atoms in total. The smallest absolute Gasteiger partial charge is 0.200 e. The number of nitrogens with zero attached hydrogens (tertiary/aromatic N) is 5. The van der Waals surface area contributed by atoms with Crippen molar-refractivity contribution in [1.82, 2.24) is 19.7 Å². The summed E-state index contributed by atoms with van der Waals surface area (Å²) in [4.78, 5) is 11.5. The summed E-state index contributed by atoms with van der Waals surface area (Å²) in [5.74, 6) is 2.93. The van der Waals surface area contributed by atoms with E-state index in [1.807, 2.05) is 55.7 Å². The second-order valence-electron chi connectivity index (χ2n) is 7.62. The molecule has 3 rings (SSSR count). The molecule has 0 bridgehead atoms. The number of hydrogen-bond acceptors (Lipinski definition) is 6. The van der Waals surface area contributed by atoms with Crippen LogP contribution in [0.25, 0.3) is 11.5 Å². The summed E-state index contributed by atoms with van der Waals surface area (Å²) in [7, 11) is 3.96. The van der Waals surface area contributed by atoms with Crippen LogP contribution < -0.4 is 4.90 Å². The SMILES string of the molecule is CC(C)OCc1nc(-c2cccc(N(C)C)n2)nn1C(C)C1CCOCC1. The van der Waals surface area contributed by atoms with Crippen molar-refractivity contribution in [2.45, 2.75) is 52.4 Å². The predicted molar refractivity (Wildman–Crippen MR) is 106 cm³/mol. The molecule has 0 aromatic carbocycles. The van der Waals surface area contributed by atoms with E-state index in [4.69, 9.17) is 24.5 Å².